The van der Waals surface area contributed by atoms with E-state index in [-0.39, 0.29) is 11.3 Å². The van der Waals surface area contributed by atoms with Crippen LogP contribution in [0.25, 0.3) is 0 Å². The molecule has 0 fully saturated rings. The number of nitrogens with one attached hydrogen (secondary N) is 1. The van der Waals surface area contributed by atoms with E-state index in [2.05, 4.69) is 5.32 Å². The molecule has 2 N–H and O–H groups in total. The van der Waals surface area contributed by atoms with Crippen LogP contribution in [0.2, 0.25) is 0 Å². The molecule has 128 valence electrons. The van der Waals surface area contributed by atoms with E-state index in [4.69, 9.17) is 10.00 Å². The van der Waals surface area contributed by atoms with Gasteiger partial charge in [-0.1, -0.05) is 24.3 Å². The lowest BCUT2D eigenvalue weighted by Gasteiger charge is -2.43. The number of Topliss-reactive ketones (excluding diaryl/α,β-unsaturated/α-hetero) is 1. The zero-order chi connectivity index (χ0) is 18.2. The number of nitriles is 1. The number of allylic oxidation sites excluding steroid dienone is 2. The first-order chi connectivity index (χ1) is 11.8. The highest BCUT2D eigenvalue weighted by atomic mass is 16.5. The Hall–Kier alpha value is -2.91. The van der Waals surface area contributed by atoms with Crippen molar-refractivity contribution in [3.8, 4) is 6.07 Å². The molecule has 2 aliphatic rings. The van der Waals surface area contributed by atoms with Crippen molar-refractivity contribution in [2.24, 2.45) is 5.92 Å². The second-order valence-electron chi connectivity index (χ2n) is 6.58. The highest BCUT2D eigenvalue weighted by Gasteiger charge is 2.48. The number of hydrogen-bond donors (Lipinski definition) is 2. The van der Waals surface area contributed by atoms with Crippen LogP contribution in [0.1, 0.15) is 24.2 Å². The smallest absolute Gasteiger partial charge is 0.251 e. The summed E-state index contributed by atoms with van der Waals surface area (Å²) >= 11 is 0. The summed E-state index contributed by atoms with van der Waals surface area (Å²) in [5.74, 6) is -1.55. The highest BCUT2D eigenvalue weighted by molar-refractivity contribution is 6.04. The van der Waals surface area contributed by atoms with Crippen LogP contribution < -0.4 is 5.32 Å². The lowest BCUT2D eigenvalue weighted by Crippen LogP contribution is -2.59. The SMILES string of the molecule is CC1(C)OC2=C(C(=O)C(C#N)C=C2)[C@H](NC(=O)c2ccccc2)[C@@H]1O. The summed E-state index contributed by atoms with van der Waals surface area (Å²) in [4.78, 5) is 25.1. The molecule has 6 heteroatoms. The molecule has 0 saturated carbocycles. The van der Waals surface area contributed by atoms with Crippen LogP contribution in [0.3, 0.4) is 0 Å². The average Bonchev–Trinajstić information content (AvgIpc) is 2.59. The van der Waals surface area contributed by atoms with Crippen LogP contribution >= 0.6 is 0 Å². The second-order valence-corrected chi connectivity index (χ2v) is 6.58. The quantitative estimate of drug-likeness (QED) is 0.851. The van der Waals surface area contributed by atoms with Gasteiger partial charge < -0.3 is 15.2 Å². The molecular weight excluding hydrogens is 320 g/mol. The maximum Gasteiger partial charge on any atom is 0.251 e. The van der Waals surface area contributed by atoms with E-state index >= 15 is 0 Å². The molecule has 0 spiro atoms. The molecule has 1 aliphatic heterocycles. The summed E-state index contributed by atoms with van der Waals surface area (Å²) in [6.07, 6.45) is 1.87. The van der Waals surface area contributed by atoms with Crippen LogP contribution in [-0.4, -0.2) is 34.5 Å². The Morgan fingerprint density at radius 2 is 2.00 bits per heavy atom. The Bertz CT molecular complexity index is 818. The summed E-state index contributed by atoms with van der Waals surface area (Å²) in [6, 6.07) is 9.47. The summed E-state index contributed by atoms with van der Waals surface area (Å²) in [5.41, 5.74) is -0.459. The number of ketones is 1. The molecule has 1 heterocycles. The molecule has 1 aromatic carbocycles. The largest absolute Gasteiger partial charge is 0.485 e. The van der Waals surface area contributed by atoms with E-state index in [1.165, 1.54) is 6.08 Å². The first-order valence-electron chi connectivity index (χ1n) is 7.94. The Labute approximate surface area is 145 Å². The fourth-order valence-electron chi connectivity index (χ4n) is 3.02. The van der Waals surface area contributed by atoms with Gasteiger partial charge in [0.05, 0.1) is 17.7 Å². The molecule has 3 atom stereocenters. The summed E-state index contributed by atoms with van der Waals surface area (Å²) < 4.78 is 5.73. The Kier molecular flexibility index (Phi) is 4.19. The van der Waals surface area contributed by atoms with Crippen LogP contribution in [0.15, 0.2) is 53.8 Å². The number of hydrogen-bond acceptors (Lipinski definition) is 5. The second kappa shape index (κ2) is 6.19. The van der Waals surface area contributed by atoms with Gasteiger partial charge in [0.1, 0.15) is 23.4 Å². The van der Waals surface area contributed by atoms with Crippen molar-refractivity contribution < 1.29 is 19.4 Å². The average molecular weight is 338 g/mol. The maximum atomic E-state index is 12.6. The van der Waals surface area contributed by atoms with Gasteiger partial charge in [0.2, 0.25) is 0 Å². The fourth-order valence-corrected chi connectivity index (χ4v) is 3.02. The molecule has 1 aromatic rings. The van der Waals surface area contributed by atoms with Gasteiger partial charge in [-0.05, 0) is 32.1 Å². The molecule has 1 unspecified atom stereocenters. The van der Waals surface area contributed by atoms with Gasteiger partial charge in [0, 0.05) is 5.56 Å². The first kappa shape index (κ1) is 16.9. The molecule has 0 saturated heterocycles. The van der Waals surface area contributed by atoms with Gasteiger partial charge in [-0.15, -0.1) is 0 Å². The lowest BCUT2D eigenvalue weighted by molar-refractivity contribution is -0.123. The van der Waals surface area contributed by atoms with Gasteiger partial charge in [0.25, 0.3) is 5.91 Å². The first-order valence-corrected chi connectivity index (χ1v) is 7.94. The standard InChI is InChI=1S/C19H18N2O4/c1-19(2)17(23)15(21-18(24)11-6-4-3-5-7-11)14-13(25-19)9-8-12(10-20)16(14)22/h3-9,12,15,17,23H,1-2H3,(H,21,24)/t12?,15-,17-/m0/s1. The molecule has 0 radical (unpaired) electrons. The molecule has 6 nitrogen and oxygen atoms in total. The number of aliphatic hydroxyl groups is 1. The minimum atomic E-state index is -1.14. The minimum absolute atomic E-state index is 0.130. The van der Waals surface area contributed by atoms with Crippen LogP contribution in [0.4, 0.5) is 0 Å². The minimum Gasteiger partial charge on any atom is -0.485 e. The fraction of sp³-hybridized carbons (Fsp3) is 0.316. The lowest BCUT2D eigenvalue weighted by atomic mass is 9.79. The van der Waals surface area contributed by atoms with E-state index in [9.17, 15) is 14.7 Å². The number of rotatable bonds is 2. The third-order valence-electron chi connectivity index (χ3n) is 4.43. The van der Waals surface area contributed by atoms with E-state index in [1.54, 1.807) is 50.3 Å². The van der Waals surface area contributed by atoms with Crippen molar-refractivity contribution in [2.45, 2.75) is 31.6 Å². The number of nitrogens with zero attached hydrogens (tertiary/aromatic N) is 1. The van der Waals surface area contributed by atoms with E-state index in [1.807, 2.05) is 6.07 Å². The molecular formula is C19H18N2O4. The predicted octanol–water partition coefficient (Wildman–Crippen LogP) is 1.49. The molecule has 1 aliphatic carbocycles. The summed E-state index contributed by atoms with van der Waals surface area (Å²) in [5, 5.41) is 22.5. The van der Waals surface area contributed by atoms with Crippen LogP contribution in [-0.2, 0) is 9.53 Å². The number of ether oxygens (including phenoxy) is 1. The van der Waals surface area contributed by atoms with Gasteiger partial charge in [0.15, 0.2) is 5.78 Å². The molecule has 3 rings (SSSR count). The number of carbonyl (C=O) groups excluding carboxylic acids is 2. The van der Waals surface area contributed by atoms with Gasteiger partial charge >= 0.3 is 0 Å². The molecule has 1 amide bonds. The molecule has 25 heavy (non-hydrogen) atoms. The summed E-state index contributed by atoms with van der Waals surface area (Å²) in [6.45, 7) is 3.36. The summed E-state index contributed by atoms with van der Waals surface area (Å²) in [7, 11) is 0. The van der Waals surface area contributed by atoms with E-state index in [0.29, 0.717) is 5.56 Å². The Morgan fingerprint density at radius 3 is 2.64 bits per heavy atom. The van der Waals surface area contributed by atoms with Crippen molar-refractivity contribution in [1.29, 1.82) is 5.26 Å². The monoisotopic (exact) mass is 338 g/mol. The molecule has 0 aromatic heterocycles. The van der Waals surface area contributed by atoms with Crippen molar-refractivity contribution >= 4 is 11.7 Å². The Morgan fingerprint density at radius 1 is 1.32 bits per heavy atom. The number of carbonyl (C=O) groups is 2. The normalized spacial score (nSPS) is 27.1. The van der Waals surface area contributed by atoms with Crippen molar-refractivity contribution in [3.05, 3.63) is 59.4 Å². The number of amides is 1. The third-order valence-corrected chi connectivity index (χ3v) is 4.43. The van der Waals surface area contributed by atoms with Crippen LogP contribution in [0, 0.1) is 17.2 Å². The van der Waals surface area contributed by atoms with Crippen LogP contribution in [0.5, 0.6) is 0 Å². The highest BCUT2D eigenvalue weighted by Crippen LogP contribution is 2.36. The zero-order valence-corrected chi connectivity index (χ0v) is 13.9. The topological polar surface area (TPSA) is 99.4 Å². The zero-order valence-electron chi connectivity index (χ0n) is 13.9. The van der Waals surface area contributed by atoms with Crippen molar-refractivity contribution in [2.75, 3.05) is 0 Å². The molecule has 0 bridgehead atoms. The number of aliphatic hydroxyl groups excluding tert-OH is 1. The van der Waals surface area contributed by atoms with Crippen molar-refractivity contribution in [3.63, 3.8) is 0 Å². The van der Waals surface area contributed by atoms with E-state index in [0.717, 1.165) is 0 Å². The van der Waals surface area contributed by atoms with Gasteiger partial charge in [-0.25, -0.2) is 0 Å². The maximum absolute atomic E-state index is 12.6. The van der Waals surface area contributed by atoms with Gasteiger partial charge in [-0.3, -0.25) is 9.59 Å². The predicted molar refractivity (Wildman–Crippen MR) is 89.1 cm³/mol. The van der Waals surface area contributed by atoms with Crippen molar-refractivity contribution in [1.82, 2.24) is 5.32 Å². The van der Waals surface area contributed by atoms with Gasteiger partial charge in [-0.2, -0.15) is 5.26 Å². The Balaban J connectivity index is 1.99. The number of benzene rings is 1. The van der Waals surface area contributed by atoms with E-state index < -0.39 is 35.4 Å². The third kappa shape index (κ3) is 2.94.